The minimum atomic E-state index is 0.190. The molecular weight excluding hydrogens is 194 g/mol. The number of hydrogen-bond donors (Lipinski definition) is 1. The topological polar surface area (TPSA) is 12.0 Å². The molecule has 1 unspecified atom stereocenters. The molecule has 1 N–H and O–H groups in total. The van der Waals surface area contributed by atoms with Crippen molar-refractivity contribution in [2.75, 3.05) is 0 Å². The lowest BCUT2D eigenvalue weighted by atomic mass is 9.94. The van der Waals surface area contributed by atoms with E-state index < -0.39 is 0 Å². The van der Waals surface area contributed by atoms with Crippen LogP contribution in [0.15, 0.2) is 30.3 Å². The third-order valence-corrected chi connectivity index (χ3v) is 3.07. The average Bonchev–Trinajstić information content (AvgIpc) is 2.35. The number of nitrogens with one attached hydrogen (secondary N) is 1. The van der Waals surface area contributed by atoms with Crippen LogP contribution in [0.25, 0.3) is 0 Å². The molecule has 1 aromatic carbocycles. The van der Waals surface area contributed by atoms with E-state index in [9.17, 15) is 0 Å². The van der Waals surface area contributed by atoms with Crippen molar-refractivity contribution in [1.29, 1.82) is 0 Å². The molecule has 1 atom stereocenters. The van der Waals surface area contributed by atoms with Crippen molar-refractivity contribution in [3.63, 3.8) is 0 Å². The van der Waals surface area contributed by atoms with Crippen LogP contribution in [0.3, 0.4) is 0 Å². The summed E-state index contributed by atoms with van der Waals surface area (Å²) in [6.45, 7) is 5.25. The van der Waals surface area contributed by atoms with Gasteiger partial charge in [-0.15, -0.1) is 6.42 Å². The first-order chi connectivity index (χ1) is 7.81. The molecule has 1 rings (SSSR count). The van der Waals surface area contributed by atoms with Crippen molar-refractivity contribution in [2.45, 2.75) is 39.3 Å². The maximum atomic E-state index is 5.58. The maximum Gasteiger partial charge on any atom is 0.0717 e. The van der Waals surface area contributed by atoms with Crippen LogP contribution in [0.4, 0.5) is 0 Å². The molecule has 1 aromatic rings. The second kappa shape index (κ2) is 7.09. The van der Waals surface area contributed by atoms with Crippen molar-refractivity contribution < 1.29 is 0 Å². The lowest BCUT2D eigenvalue weighted by Crippen LogP contribution is -2.34. The molecule has 0 amide bonds. The Morgan fingerprint density at radius 3 is 2.31 bits per heavy atom. The van der Waals surface area contributed by atoms with Crippen LogP contribution in [-0.2, 0) is 6.54 Å². The molecule has 0 spiro atoms. The second-order valence-electron chi connectivity index (χ2n) is 4.09. The molecule has 86 valence electrons. The number of rotatable bonds is 6. The van der Waals surface area contributed by atoms with E-state index in [4.69, 9.17) is 6.42 Å². The molecule has 0 aliphatic carbocycles. The highest BCUT2D eigenvalue weighted by Crippen LogP contribution is 2.13. The largest absolute Gasteiger partial charge is 0.299 e. The van der Waals surface area contributed by atoms with E-state index in [-0.39, 0.29) is 6.04 Å². The van der Waals surface area contributed by atoms with Gasteiger partial charge in [0.2, 0.25) is 0 Å². The van der Waals surface area contributed by atoms with Crippen LogP contribution in [-0.4, -0.2) is 6.04 Å². The molecule has 0 radical (unpaired) electrons. The quantitative estimate of drug-likeness (QED) is 0.718. The van der Waals surface area contributed by atoms with E-state index in [1.165, 1.54) is 5.56 Å². The lowest BCUT2D eigenvalue weighted by Gasteiger charge is -2.21. The Hall–Kier alpha value is -1.26. The van der Waals surface area contributed by atoms with Crippen molar-refractivity contribution in [3.8, 4) is 12.3 Å². The zero-order valence-corrected chi connectivity index (χ0v) is 10.2. The van der Waals surface area contributed by atoms with E-state index >= 15 is 0 Å². The van der Waals surface area contributed by atoms with Gasteiger partial charge in [-0.2, -0.15) is 0 Å². The minimum Gasteiger partial charge on any atom is -0.299 e. The molecule has 0 bridgehead atoms. The van der Waals surface area contributed by atoms with Gasteiger partial charge in [0.05, 0.1) is 6.04 Å². The Kier molecular flexibility index (Phi) is 5.67. The SMILES string of the molecule is C#CC(NCc1ccccc1)C(CC)CC. The molecule has 16 heavy (non-hydrogen) atoms. The van der Waals surface area contributed by atoms with Gasteiger partial charge >= 0.3 is 0 Å². The van der Waals surface area contributed by atoms with Gasteiger partial charge in [0.15, 0.2) is 0 Å². The molecule has 0 aromatic heterocycles. The molecule has 0 saturated heterocycles. The first-order valence-corrected chi connectivity index (χ1v) is 6.05. The summed E-state index contributed by atoms with van der Waals surface area (Å²) < 4.78 is 0. The first-order valence-electron chi connectivity index (χ1n) is 6.05. The fraction of sp³-hybridized carbons (Fsp3) is 0.467. The standard InChI is InChI=1S/C15H21N/c1-4-14(5-2)15(6-3)16-12-13-10-8-7-9-11-13/h3,7-11,14-16H,4-5,12H2,1-2H3. The summed E-state index contributed by atoms with van der Waals surface area (Å²) in [6, 6.07) is 10.6. The minimum absolute atomic E-state index is 0.190. The highest BCUT2D eigenvalue weighted by atomic mass is 14.9. The van der Waals surface area contributed by atoms with Gasteiger partial charge in [-0.1, -0.05) is 62.9 Å². The normalized spacial score (nSPS) is 12.4. The van der Waals surface area contributed by atoms with E-state index in [2.05, 4.69) is 49.4 Å². The zero-order chi connectivity index (χ0) is 11.8. The van der Waals surface area contributed by atoms with Crippen molar-refractivity contribution in [1.82, 2.24) is 5.32 Å². The Balaban J connectivity index is 2.49. The summed E-state index contributed by atoms with van der Waals surface area (Å²) in [6.07, 6.45) is 7.84. The summed E-state index contributed by atoms with van der Waals surface area (Å²) in [5.74, 6) is 3.44. The highest BCUT2D eigenvalue weighted by molar-refractivity contribution is 5.15. The van der Waals surface area contributed by atoms with Crippen LogP contribution in [0.1, 0.15) is 32.3 Å². The summed E-state index contributed by atoms with van der Waals surface area (Å²) in [5, 5.41) is 3.45. The van der Waals surface area contributed by atoms with Gasteiger partial charge in [-0.05, 0) is 11.5 Å². The summed E-state index contributed by atoms with van der Waals surface area (Å²) in [4.78, 5) is 0. The highest BCUT2D eigenvalue weighted by Gasteiger charge is 2.14. The number of benzene rings is 1. The smallest absolute Gasteiger partial charge is 0.0717 e. The van der Waals surface area contributed by atoms with Gasteiger partial charge in [-0.3, -0.25) is 5.32 Å². The van der Waals surface area contributed by atoms with Crippen molar-refractivity contribution in [2.24, 2.45) is 5.92 Å². The van der Waals surface area contributed by atoms with Gasteiger partial charge < -0.3 is 0 Å². The van der Waals surface area contributed by atoms with Gasteiger partial charge in [-0.25, -0.2) is 0 Å². The Morgan fingerprint density at radius 1 is 1.19 bits per heavy atom. The number of terminal acetylenes is 1. The van der Waals surface area contributed by atoms with Crippen LogP contribution in [0.2, 0.25) is 0 Å². The predicted octanol–water partition coefficient (Wildman–Crippen LogP) is 3.21. The molecular formula is C15H21N. The predicted molar refractivity (Wildman–Crippen MR) is 70.0 cm³/mol. The van der Waals surface area contributed by atoms with Gasteiger partial charge in [0, 0.05) is 6.54 Å². The Morgan fingerprint density at radius 2 is 1.81 bits per heavy atom. The third kappa shape index (κ3) is 3.72. The molecule has 0 aliphatic rings. The van der Waals surface area contributed by atoms with E-state index in [0.717, 1.165) is 19.4 Å². The monoisotopic (exact) mass is 215 g/mol. The third-order valence-electron chi connectivity index (χ3n) is 3.07. The van der Waals surface area contributed by atoms with E-state index in [1.807, 2.05) is 6.07 Å². The molecule has 0 aliphatic heterocycles. The van der Waals surface area contributed by atoms with E-state index in [0.29, 0.717) is 5.92 Å². The lowest BCUT2D eigenvalue weighted by molar-refractivity contribution is 0.391. The molecule has 0 saturated carbocycles. The van der Waals surface area contributed by atoms with Crippen LogP contribution >= 0.6 is 0 Å². The van der Waals surface area contributed by atoms with Crippen molar-refractivity contribution in [3.05, 3.63) is 35.9 Å². The average molecular weight is 215 g/mol. The Bertz CT molecular complexity index is 319. The molecule has 0 heterocycles. The van der Waals surface area contributed by atoms with Gasteiger partial charge in [0.1, 0.15) is 0 Å². The zero-order valence-electron chi connectivity index (χ0n) is 10.2. The molecule has 0 fully saturated rings. The van der Waals surface area contributed by atoms with E-state index in [1.54, 1.807) is 0 Å². The fourth-order valence-electron chi connectivity index (χ4n) is 1.95. The fourth-order valence-corrected chi connectivity index (χ4v) is 1.95. The molecule has 1 heteroatoms. The van der Waals surface area contributed by atoms with Crippen LogP contribution in [0, 0.1) is 18.3 Å². The Labute approximate surface area is 99.3 Å². The summed E-state index contributed by atoms with van der Waals surface area (Å²) in [7, 11) is 0. The second-order valence-corrected chi connectivity index (χ2v) is 4.09. The van der Waals surface area contributed by atoms with Crippen LogP contribution < -0.4 is 5.32 Å². The van der Waals surface area contributed by atoms with Crippen LogP contribution in [0.5, 0.6) is 0 Å². The summed E-state index contributed by atoms with van der Waals surface area (Å²) >= 11 is 0. The molecule has 1 nitrogen and oxygen atoms in total. The van der Waals surface area contributed by atoms with Gasteiger partial charge in [0.25, 0.3) is 0 Å². The first kappa shape index (κ1) is 12.8. The summed E-state index contributed by atoms with van der Waals surface area (Å²) in [5.41, 5.74) is 1.29. The number of hydrogen-bond acceptors (Lipinski definition) is 1. The maximum absolute atomic E-state index is 5.58. The van der Waals surface area contributed by atoms with Crippen molar-refractivity contribution >= 4 is 0 Å².